The summed E-state index contributed by atoms with van der Waals surface area (Å²) in [5.74, 6) is 0.882. The van der Waals surface area contributed by atoms with E-state index in [2.05, 4.69) is 10.5 Å². The summed E-state index contributed by atoms with van der Waals surface area (Å²) in [6.45, 7) is 2.09. The molecule has 0 aliphatic heterocycles. The highest BCUT2D eigenvalue weighted by molar-refractivity contribution is 6.30. The average Bonchev–Trinajstić information content (AvgIpc) is 2.74. The minimum absolute atomic E-state index is 0.367. The van der Waals surface area contributed by atoms with Gasteiger partial charge in [0.1, 0.15) is 18.1 Å². The Kier molecular flexibility index (Phi) is 7.71. The molecule has 0 aliphatic rings. The molecular formula is C23H20Cl2N2O3. The third kappa shape index (κ3) is 6.79. The number of hydrogen-bond donors (Lipinski definition) is 1. The van der Waals surface area contributed by atoms with Gasteiger partial charge in [0.2, 0.25) is 0 Å². The van der Waals surface area contributed by atoms with Gasteiger partial charge in [-0.3, -0.25) is 4.79 Å². The summed E-state index contributed by atoms with van der Waals surface area (Å²) in [5.41, 5.74) is 4.31. The standard InChI is InChI=1S/C23H20Cl2N2O3/c1-16(30-22-4-2-3-20(25)13-22)23(28)27-26-14-17-7-11-21(12-8-17)29-15-18-5-9-19(24)10-6-18/h2-14,16H,15H2,1H3,(H,27,28)/b26-14+. The molecule has 1 atom stereocenters. The fourth-order valence-corrected chi connectivity index (χ4v) is 2.76. The lowest BCUT2D eigenvalue weighted by molar-refractivity contribution is -0.127. The number of nitrogens with zero attached hydrogens (tertiary/aromatic N) is 1. The van der Waals surface area contributed by atoms with Crippen molar-refractivity contribution in [1.29, 1.82) is 0 Å². The normalized spacial score (nSPS) is 11.8. The summed E-state index contributed by atoms with van der Waals surface area (Å²) >= 11 is 11.8. The molecule has 1 amide bonds. The predicted molar refractivity (Wildman–Crippen MR) is 120 cm³/mol. The quantitative estimate of drug-likeness (QED) is 0.370. The van der Waals surface area contributed by atoms with Crippen LogP contribution in [0.3, 0.4) is 0 Å². The maximum absolute atomic E-state index is 12.1. The van der Waals surface area contributed by atoms with Gasteiger partial charge in [-0.15, -0.1) is 0 Å². The van der Waals surface area contributed by atoms with Gasteiger partial charge in [0.25, 0.3) is 5.91 Å². The summed E-state index contributed by atoms with van der Waals surface area (Å²) in [4.78, 5) is 12.1. The molecule has 5 nitrogen and oxygen atoms in total. The average molecular weight is 443 g/mol. The fourth-order valence-electron chi connectivity index (χ4n) is 2.46. The third-order valence-corrected chi connectivity index (χ3v) is 4.55. The van der Waals surface area contributed by atoms with Gasteiger partial charge in [-0.05, 0) is 72.6 Å². The topological polar surface area (TPSA) is 59.9 Å². The number of carbonyl (C=O) groups excluding carboxylic acids is 1. The molecule has 0 aliphatic carbocycles. The Labute approximate surface area is 185 Å². The largest absolute Gasteiger partial charge is 0.489 e. The van der Waals surface area contributed by atoms with Crippen molar-refractivity contribution in [3.05, 3.63) is 94.0 Å². The van der Waals surface area contributed by atoms with Crippen molar-refractivity contribution in [2.75, 3.05) is 0 Å². The Hall–Kier alpha value is -3.02. The lowest BCUT2D eigenvalue weighted by atomic mass is 10.2. The van der Waals surface area contributed by atoms with E-state index in [0.717, 1.165) is 16.9 Å². The van der Waals surface area contributed by atoms with Crippen molar-refractivity contribution in [1.82, 2.24) is 5.43 Å². The number of rotatable bonds is 8. The van der Waals surface area contributed by atoms with Gasteiger partial charge in [0.05, 0.1) is 6.21 Å². The lowest BCUT2D eigenvalue weighted by Gasteiger charge is -2.12. The van der Waals surface area contributed by atoms with Crippen molar-refractivity contribution in [3.63, 3.8) is 0 Å². The van der Waals surface area contributed by atoms with Gasteiger partial charge in [0.15, 0.2) is 6.10 Å². The highest BCUT2D eigenvalue weighted by atomic mass is 35.5. The maximum Gasteiger partial charge on any atom is 0.280 e. The Morgan fingerprint density at radius 3 is 2.43 bits per heavy atom. The minimum Gasteiger partial charge on any atom is -0.489 e. The predicted octanol–water partition coefficient (Wildman–Crippen LogP) is 5.49. The number of carbonyl (C=O) groups is 1. The molecule has 0 spiro atoms. The Bertz CT molecular complexity index is 1010. The monoisotopic (exact) mass is 442 g/mol. The van der Waals surface area contributed by atoms with Crippen molar-refractivity contribution in [3.8, 4) is 11.5 Å². The van der Waals surface area contributed by atoms with Crippen LogP contribution in [-0.2, 0) is 11.4 Å². The maximum atomic E-state index is 12.1. The molecule has 0 bridgehead atoms. The molecule has 0 saturated carbocycles. The molecule has 3 aromatic rings. The summed E-state index contributed by atoms with van der Waals surface area (Å²) in [5, 5.41) is 5.20. The second-order valence-corrected chi connectivity index (χ2v) is 7.31. The second kappa shape index (κ2) is 10.7. The van der Waals surface area contributed by atoms with Crippen LogP contribution >= 0.6 is 23.2 Å². The van der Waals surface area contributed by atoms with Gasteiger partial charge in [0, 0.05) is 10.0 Å². The number of nitrogens with one attached hydrogen (secondary N) is 1. The SMILES string of the molecule is CC(Oc1cccc(Cl)c1)C(=O)N/N=C/c1ccc(OCc2ccc(Cl)cc2)cc1. The second-order valence-electron chi connectivity index (χ2n) is 6.44. The first kappa shape index (κ1) is 21.7. The highest BCUT2D eigenvalue weighted by Crippen LogP contribution is 2.18. The number of hydrazone groups is 1. The van der Waals surface area contributed by atoms with E-state index in [1.807, 2.05) is 48.5 Å². The van der Waals surface area contributed by atoms with Crippen molar-refractivity contribution >= 4 is 35.3 Å². The number of benzene rings is 3. The number of hydrogen-bond acceptors (Lipinski definition) is 4. The molecule has 154 valence electrons. The summed E-state index contributed by atoms with van der Waals surface area (Å²) < 4.78 is 11.3. The molecule has 3 rings (SSSR count). The lowest BCUT2D eigenvalue weighted by Crippen LogP contribution is -2.33. The van der Waals surface area contributed by atoms with E-state index >= 15 is 0 Å². The van der Waals surface area contributed by atoms with Crippen LogP contribution in [-0.4, -0.2) is 18.2 Å². The van der Waals surface area contributed by atoms with Crippen molar-refractivity contribution in [2.45, 2.75) is 19.6 Å². The highest BCUT2D eigenvalue weighted by Gasteiger charge is 2.13. The zero-order chi connectivity index (χ0) is 21.3. The third-order valence-electron chi connectivity index (χ3n) is 4.07. The van der Waals surface area contributed by atoms with Crippen LogP contribution < -0.4 is 14.9 Å². The minimum atomic E-state index is -0.718. The number of ether oxygens (including phenoxy) is 2. The summed E-state index contributed by atoms with van der Waals surface area (Å²) in [6, 6.07) is 21.7. The molecule has 1 N–H and O–H groups in total. The molecule has 0 aromatic heterocycles. The van der Waals surface area contributed by atoms with E-state index in [-0.39, 0.29) is 5.91 Å². The van der Waals surface area contributed by atoms with E-state index in [1.54, 1.807) is 37.4 Å². The summed E-state index contributed by atoms with van der Waals surface area (Å²) in [7, 11) is 0. The molecular weight excluding hydrogens is 423 g/mol. The van der Waals surface area contributed by atoms with Crippen LogP contribution in [0.25, 0.3) is 0 Å². The molecule has 30 heavy (non-hydrogen) atoms. The van der Waals surface area contributed by atoms with E-state index in [4.69, 9.17) is 32.7 Å². The van der Waals surface area contributed by atoms with Crippen LogP contribution in [0.4, 0.5) is 0 Å². The molecule has 0 fully saturated rings. The molecule has 0 heterocycles. The van der Waals surface area contributed by atoms with Crippen LogP contribution in [0, 0.1) is 0 Å². The van der Waals surface area contributed by atoms with Crippen molar-refractivity contribution < 1.29 is 14.3 Å². The van der Waals surface area contributed by atoms with Gasteiger partial charge < -0.3 is 9.47 Å². The number of amides is 1. The van der Waals surface area contributed by atoms with Gasteiger partial charge >= 0.3 is 0 Å². The van der Waals surface area contributed by atoms with Gasteiger partial charge in [-0.25, -0.2) is 5.43 Å². The smallest absolute Gasteiger partial charge is 0.280 e. The molecule has 7 heteroatoms. The Balaban J connectivity index is 1.46. The Morgan fingerprint density at radius 2 is 1.73 bits per heavy atom. The Morgan fingerprint density at radius 1 is 1.00 bits per heavy atom. The van der Waals surface area contributed by atoms with Gasteiger partial charge in [-0.1, -0.05) is 41.4 Å². The summed E-state index contributed by atoms with van der Waals surface area (Å²) in [6.07, 6.45) is 0.830. The van der Waals surface area contributed by atoms with E-state index < -0.39 is 6.10 Å². The fraction of sp³-hybridized carbons (Fsp3) is 0.130. The van der Waals surface area contributed by atoms with Crippen LogP contribution in [0.1, 0.15) is 18.1 Å². The first-order valence-electron chi connectivity index (χ1n) is 9.22. The van der Waals surface area contributed by atoms with E-state index in [0.29, 0.717) is 22.4 Å². The van der Waals surface area contributed by atoms with Gasteiger partial charge in [-0.2, -0.15) is 5.10 Å². The zero-order valence-electron chi connectivity index (χ0n) is 16.2. The molecule has 3 aromatic carbocycles. The first-order chi connectivity index (χ1) is 14.5. The van der Waals surface area contributed by atoms with E-state index in [1.165, 1.54) is 0 Å². The molecule has 0 radical (unpaired) electrons. The molecule has 0 saturated heterocycles. The van der Waals surface area contributed by atoms with E-state index in [9.17, 15) is 4.79 Å². The first-order valence-corrected chi connectivity index (χ1v) is 9.97. The molecule has 1 unspecified atom stereocenters. The van der Waals surface area contributed by atoms with Crippen LogP contribution in [0.2, 0.25) is 10.0 Å². The zero-order valence-corrected chi connectivity index (χ0v) is 17.7. The van der Waals surface area contributed by atoms with Crippen molar-refractivity contribution in [2.24, 2.45) is 5.10 Å². The van der Waals surface area contributed by atoms with Crippen LogP contribution in [0.5, 0.6) is 11.5 Å². The van der Waals surface area contributed by atoms with Crippen LogP contribution in [0.15, 0.2) is 77.9 Å². The number of halogens is 2.